The monoisotopic (exact) mass is 427 g/mol. The Kier molecular flexibility index (Phi) is 5.35. The number of ether oxygens (including phenoxy) is 1. The second kappa shape index (κ2) is 7.14. The van der Waals surface area contributed by atoms with E-state index in [4.69, 9.17) is 20.3 Å². The minimum atomic E-state index is -5.29. The van der Waals surface area contributed by atoms with E-state index in [-0.39, 0.29) is 17.0 Å². The van der Waals surface area contributed by atoms with Crippen molar-refractivity contribution in [2.24, 2.45) is 0 Å². The van der Waals surface area contributed by atoms with Gasteiger partial charge in [0.15, 0.2) is 17.7 Å². The highest BCUT2D eigenvalue weighted by atomic mass is 31.3. The fraction of sp³-hybridized carbons (Fsp3) is 0.500. The summed E-state index contributed by atoms with van der Waals surface area (Å²) in [5, 5.41) is 20.3. The molecule has 5 atom stereocenters. The number of aromatic nitrogens is 4. The van der Waals surface area contributed by atoms with Crippen molar-refractivity contribution in [3.05, 3.63) is 12.7 Å². The van der Waals surface area contributed by atoms with Crippen LogP contribution in [0.1, 0.15) is 6.23 Å². The minimum absolute atomic E-state index is 0.0856. The van der Waals surface area contributed by atoms with Crippen molar-refractivity contribution < 1.29 is 47.6 Å². The first-order valence-electron chi connectivity index (χ1n) is 7.17. The third-order valence-electron chi connectivity index (χ3n) is 3.61. The Labute approximate surface area is 150 Å². The van der Waals surface area contributed by atoms with Crippen molar-refractivity contribution in [2.75, 3.05) is 12.3 Å². The predicted molar refractivity (Wildman–Crippen MR) is 84.6 cm³/mol. The van der Waals surface area contributed by atoms with Crippen LogP contribution >= 0.6 is 15.6 Å². The van der Waals surface area contributed by atoms with Gasteiger partial charge in [-0.05, 0) is 0 Å². The molecule has 27 heavy (non-hydrogen) atoms. The van der Waals surface area contributed by atoms with Crippen LogP contribution in [0.2, 0.25) is 0 Å². The summed E-state index contributed by atoms with van der Waals surface area (Å²) in [6, 6.07) is 0. The van der Waals surface area contributed by atoms with Crippen molar-refractivity contribution in [3.8, 4) is 0 Å². The number of aliphatic hydroxyl groups is 2. The van der Waals surface area contributed by atoms with Gasteiger partial charge in [-0.15, -0.1) is 0 Å². The average molecular weight is 427 g/mol. The number of phosphoric acid groups is 2. The molecule has 1 unspecified atom stereocenters. The second-order valence-corrected chi connectivity index (χ2v) is 8.30. The number of nitrogens with two attached hydrogens (primary N) is 1. The molecular formula is C10H15N5O10P2. The zero-order valence-corrected chi connectivity index (χ0v) is 15.0. The Bertz CT molecular complexity index is 932. The highest BCUT2D eigenvalue weighted by molar-refractivity contribution is 7.60. The maximum absolute atomic E-state index is 11.5. The summed E-state index contributed by atoms with van der Waals surface area (Å²) in [6.45, 7) is -0.813. The fourth-order valence-corrected chi connectivity index (χ4v) is 4.08. The molecule has 2 aromatic heterocycles. The molecular weight excluding hydrogens is 412 g/mol. The van der Waals surface area contributed by atoms with Crippen LogP contribution in [-0.4, -0.2) is 69.3 Å². The van der Waals surface area contributed by atoms with E-state index < -0.39 is 46.8 Å². The van der Waals surface area contributed by atoms with Crippen LogP contribution in [0.4, 0.5) is 5.82 Å². The number of nitrogens with zero attached hydrogens (tertiary/aromatic N) is 4. The normalized spacial score (nSPS) is 28.5. The quantitative estimate of drug-likeness (QED) is 0.281. The minimum Gasteiger partial charge on any atom is -0.387 e. The topological polar surface area (TPSA) is 233 Å². The van der Waals surface area contributed by atoms with Gasteiger partial charge in [-0.25, -0.2) is 24.1 Å². The van der Waals surface area contributed by atoms with Gasteiger partial charge in [-0.2, -0.15) is 4.31 Å². The lowest BCUT2D eigenvalue weighted by Crippen LogP contribution is -2.33. The van der Waals surface area contributed by atoms with Gasteiger partial charge in [0.25, 0.3) is 0 Å². The van der Waals surface area contributed by atoms with Crippen LogP contribution in [0.3, 0.4) is 0 Å². The first-order valence-corrected chi connectivity index (χ1v) is 10.2. The van der Waals surface area contributed by atoms with E-state index in [9.17, 15) is 24.2 Å². The summed E-state index contributed by atoms with van der Waals surface area (Å²) in [6.07, 6.45) is -3.20. The number of hydrogen-bond acceptors (Lipinski definition) is 11. The molecule has 3 heterocycles. The SMILES string of the molecule is Nc1ncnc2c1ncn2[C@@H]1O[C@H](COP(=O)(O)OP(=O)(O)O)[C@H](O)[C@H]1O. The van der Waals surface area contributed by atoms with Crippen LogP contribution in [0.15, 0.2) is 12.7 Å². The third-order valence-corrected chi connectivity index (χ3v) is 5.76. The van der Waals surface area contributed by atoms with E-state index in [0.717, 1.165) is 6.33 Å². The molecule has 1 fully saturated rings. The lowest BCUT2D eigenvalue weighted by molar-refractivity contribution is -0.0503. The van der Waals surface area contributed by atoms with Crippen LogP contribution in [0.25, 0.3) is 11.2 Å². The van der Waals surface area contributed by atoms with Crippen molar-refractivity contribution >= 4 is 32.6 Å². The van der Waals surface area contributed by atoms with E-state index in [1.165, 1.54) is 10.9 Å². The maximum atomic E-state index is 11.5. The van der Waals surface area contributed by atoms with E-state index in [1.807, 2.05) is 0 Å². The number of phosphoric ester groups is 1. The van der Waals surface area contributed by atoms with Crippen molar-refractivity contribution in [1.29, 1.82) is 0 Å². The molecule has 17 heteroatoms. The molecule has 0 radical (unpaired) electrons. The highest BCUT2D eigenvalue weighted by Crippen LogP contribution is 2.57. The van der Waals surface area contributed by atoms with Crippen molar-refractivity contribution in [1.82, 2.24) is 19.5 Å². The molecule has 15 nitrogen and oxygen atoms in total. The summed E-state index contributed by atoms with van der Waals surface area (Å²) in [5.74, 6) is 0.0856. The van der Waals surface area contributed by atoms with Gasteiger partial charge < -0.3 is 35.4 Å². The molecule has 2 aromatic rings. The lowest BCUT2D eigenvalue weighted by atomic mass is 10.1. The number of rotatable bonds is 6. The van der Waals surface area contributed by atoms with Gasteiger partial charge in [-0.3, -0.25) is 9.09 Å². The zero-order chi connectivity index (χ0) is 20.0. The van der Waals surface area contributed by atoms with Crippen LogP contribution in [0.5, 0.6) is 0 Å². The van der Waals surface area contributed by atoms with Gasteiger partial charge in [0.05, 0.1) is 12.9 Å². The Hall–Kier alpha value is -1.51. The Morgan fingerprint density at radius 3 is 2.56 bits per heavy atom. The summed E-state index contributed by atoms with van der Waals surface area (Å²) in [5.41, 5.74) is 6.11. The summed E-state index contributed by atoms with van der Waals surface area (Å²) >= 11 is 0. The molecule has 0 bridgehead atoms. The Morgan fingerprint density at radius 2 is 1.89 bits per heavy atom. The van der Waals surface area contributed by atoms with Gasteiger partial charge >= 0.3 is 15.6 Å². The van der Waals surface area contributed by atoms with Gasteiger partial charge in [0, 0.05) is 0 Å². The van der Waals surface area contributed by atoms with Crippen LogP contribution in [-0.2, 0) is 22.7 Å². The number of anilines is 1. The Morgan fingerprint density at radius 1 is 1.19 bits per heavy atom. The van der Waals surface area contributed by atoms with E-state index in [0.29, 0.717) is 0 Å². The molecule has 0 aliphatic carbocycles. The summed E-state index contributed by atoms with van der Waals surface area (Å²) in [7, 11) is -10.4. The zero-order valence-electron chi connectivity index (χ0n) is 13.2. The van der Waals surface area contributed by atoms with Crippen LogP contribution < -0.4 is 5.73 Å². The van der Waals surface area contributed by atoms with Gasteiger partial charge in [0.1, 0.15) is 30.2 Å². The van der Waals surface area contributed by atoms with E-state index in [1.54, 1.807) is 0 Å². The molecule has 0 saturated carbocycles. The molecule has 1 aliphatic heterocycles. The van der Waals surface area contributed by atoms with E-state index in [2.05, 4.69) is 23.8 Å². The maximum Gasteiger partial charge on any atom is 0.481 e. The largest absolute Gasteiger partial charge is 0.481 e. The number of nitrogen functional groups attached to an aromatic ring is 1. The number of aliphatic hydroxyl groups excluding tert-OH is 2. The lowest BCUT2D eigenvalue weighted by Gasteiger charge is -2.17. The van der Waals surface area contributed by atoms with E-state index >= 15 is 0 Å². The number of hydrogen-bond donors (Lipinski definition) is 6. The first-order chi connectivity index (χ1) is 12.5. The molecule has 0 amide bonds. The van der Waals surface area contributed by atoms with Crippen molar-refractivity contribution in [2.45, 2.75) is 24.5 Å². The predicted octanol–water partition coefficient (Wildman–Crippen LogP) is -1.75. The smallest absolute Gasteiger partial charge is 0.387 e. The average Bonchev–Trinajstić information content (AvgIpc) is 3.07. The number of imidazole rings is 1. The first kappa shape index (κ1) is 20.2. The van der Waals surface area contributed by atoms with Crippen molar-refractivity contribution in [3.63, 3.8) is 0 Å². The third kappa shape index (κ3) is 4.33. The summed E-state index contributed by atoms with van der Waals surface area (Å²) < 4.78 is 36.8. The molecule has 150 valence electrons. The van der Waals surface area contributed by atoms with Crippen LogP contribution in [0, 0.1) is 0 Å². The molecule has 1 aliphatic rings. The molecule has 1 saturated heterocycles. The second-order valence-electron chi connectivity index (χ2n) is 5.47. The molecule has 3 rings (SSSR count). The standard InChI is InChI=1S/C10H15N5O10P2/c11-8-5-9(13-2-12-8)15(3-14-5)10-7(17)6(16)4(24-10)1-23-27(21,22)25-26(18,19)20/h2-4,6-7,10,16-17H,1H2,(H,21,22)(H2,11,12,13)(H2,18,19,20)/t4-,6+,7-,10-/m1/s1. The summed E-state index contributed by atoms with van der Waals surface area (Å²) in [4.78, 5) is 38.1. The molecule has 0 spiro atoms. The van der Waals surface area contributed by atoms with Gasteiger partial charge in [-0.1, -0.05) is 0 Å². The molecule has 0 aromatic carbocycles. The van der Waals surface area contributed by atoms with Gasteiger partial charge in [0.2, 0.25) is 0 Å². The molecule has 7 N–H and O–H groups in total. The highest BCUT2D eigenvalue weighted by Gasteiger charge is 2.46. The number of fused-ring (bicyclic) bond motifs is 1. The Balaban J connectivity index is 1.75. The fourth-order valence-electron chi connectivity index (χ4n) is 2.48.